The van der Waals surface area contributed by atoms with Crippen LogP contribution in [0, 0.1) is 11.3 Å². The van der Waals surface area contributed by atoms with Crippen LogP contribution in [0.5, 0.6) is 11.5 Å². The number of halogens is 1. The highest BCUT2D eigenvalue weighted by molar-refractivity contribution is 6.30. The molecule has 2 rings (SSSR count). The van der Waals surface area contributed by atoms with Crippen LogP contribution in [-0.2, 0) is 4.79 Å². The third-order valence-electron chi connectivity index (χ3n) is 2.60. The lowest BCUT2D eigenvalue weighted by molar-refractivity contribution is -0.114. The van der Waals surface area contributed by atoms with E-state index in [-0.39, 0.29) is 5.57 Å². The van der Waals surface area contributed by atoms with Crippen LogP contribution in [0.2, 0.25) is 5.02 Å². The van der Waals surface area contributed by atoms with Gasteiger partial charge in [0.15, 0.2) is 0 Å². The van der Waals surface area contributed by atoms with Gasteiger partial charge in [0.25, 0.3) is 5.91 Å². The topological polar surface area (TPSA) is 76.1 Å². The van der Waals surface area contributed by atoms with Crippen molar-refractivity contribution in [2.75, 3.05) is 0 Å². The van der Waals surface area contributed by atoms with Crippen LogP contribution in [0.3, 0.4) is 0 Å². The summed E-state index contributed by atoms with van der Waals surface area (Å²) >= 11 is 5.81. The van der Waals surface area contributed by atoms with Gasteiger partial charge >= 0.3 is 0 Å². The highest BCUT2D eigenvalue weighted by Gasteiger charge is 2.04. The number of rotatable bonds is 4. The molecular formula is C16H11ClN2O2. The summed E-state index contributed by atoms with van der Waals surface area (Å²) in [5, 5.41) is 9.45. The summed E-state index contributed by atoms with van der Waals surface area (Å²) < 4.78 is 5.66. The molecule has 0 aromatic heterocycles. The summed E-state index contributed by atoms with van der Waals surface area (Å²) in [5.74, 6) is 0.449. The maximum atomic E-state index is 11.0. The monoisotopic (exact) mass is 298 g/mol. The summed E-state index contributed by atoms with van der Waals surface area (Å²) in [5.41, 5.74) is 5.63. The molecule has 0 fully saturated rings. The quantitative estimate of drug-likeness (QED) is 0.693. The molecule has 0 aliphatic rings. The van der Waals surface area contributed by atoms with Crippen LogP contribution < -0.4 is 10.5 Å². The summed E-state index contributed by atoms with van der Waals surface area (Å²) in [6, 6.07) is 15.7. The molecule has 0 saturated carbocycles. The predicted octanol–water partition coefficient (Wildman–Crippen LogP) is 3.52. The van der Waals surface area contributed by atoms with Gasteiger partial charge in [0.1, 0.15) is 23.1 Å². The zero-order chi connectivity index (χ0) is 15.2. The predicted molar refractivity (Wildman–Crippen MR) is 80.8 cm³/mol. The van der Waals surface area contributed by atoms with Gasteiger partial charge in [0.2, 0.25) is 0 Å². The van der Waals surface area contributed by atoms with Crippen molar-refractivity contribution in [2.45, 2.75) is 0 Å². The van der Waals surface area contributed by atoms with E-state index in [9.17, 15) is 4.79 Å². The average Bonchev–Trinajstić information content (AvgIpc) is 2.47. The molecule has 2 N–H and O–H groups in total. The Hall–Kier alpha value is -2.77. The van der Waals surface area contributed by atoms with Crippen LogP contribution in [0.25, 0.3) is 6.08 Å². The van der Waals surface area contributed by atoms with Gasteiger partial charge in [-0.25, -0.2) is 0 Å². The van der Waals surface area contributed by atoms with Crippen LogP contribution in [0.15, 0.2) is 54.1 Å². The number of nitrogens with zero attached hydrogens (tertiary/aromatic N) is 1. The average molecular weight is 299 g/mol. The molecule has 21 heavy (non-hydrogen) atoms. The Morgan fingerprint density at radius 3 is 2.52 bits per heavy atom. The molecule has 0 unspecified atom stereocenters. The molecule has 0 aliphatic heterocycles. The van der Waals surface area contributed by atoms with Gasteiger partial charge in [-0.3, -0.25) is 4.79 Å². The lowest BCUT2D eigenvalue weighted by atomic mass is 10.1. The number of carbonyl (C=O) groups is 1. The Morgan fingerprint density at radius 1 is 1.19 bits per heavy atom. The van der Waals surface area contributed by atoms with Crippen molar-refractivity contribution in [3.63, 3.8) is 0 Å². The maximum Gasteiger partial charge on any atom is 0.259 e. The fourth-order valence-corrected chi connectivity index (χ4v) is 1.76. The molecule has 0 spiro atoms. The molecule has 2 aromatic carbocycles. The van der Waals surface area contributed by atoms with Gasteiger partial charge in [-0.2, -0.15) is 5.26 Å². The number of primary amides is 1. The molecule has 0 aliphatic carbocycles. The van der Waals surface area contributed by atoms with E-state index in [2.05, 4.69) is 0 Å². The summed E-state index contributed by atoms with van der Waals surface area (Å²) in [6.07, 6.45) is 1.41. The number of ether oxygens (including phenoxy) is 1. The molecule has 1 amide bonds. The smallest absolute Gasteiger partial charge is 0.259 e. The summed E-state index contributed by atoms with van der Waals surface area (Å²) in [7, 11) is 0. The SMILES string of the molecule is N#C/C(=C\c1cccc(Oc2ccc(Cl)cc2)c1)C(N)=O. The number of hydrogen-bond donors (Lipinski definition) is 1. The van der Waals surface area contributed by atoms with E-state index in [0.717, 1.165) is 0 Å². The molecule has 0 bridgehead atoms. The fraction of sp³-hybridized carbons (Fsp3) is 0. The Labute approximate surface area is 127 Å². The molecule has 0 radical (unpaired) electrons. The second-order valence-electron chi connectivity index (χ2n) is 4.16. The van der Waals surface area contributed by atoms with E-state index in [1.165, 1.54) is 6.08 Å². The normalized spacial score (nSPS) is 10.8. The highest BCUT2D eigenvalue weighted by Crippen LogP contribution is 2.24. The maximum absolute atomic E-state index is 11.0. The van der Waals surface area contributed by atoms with Crippen molar-refractivity contribution in [3.05, 3.63) is 64.7 Å². The molecule has 5 heteroatoms. The van der Waals surface area contributed by atoms with E-state index in [1.54, 1.807) is 54.6 Å². The Morgan fingerprint density at radius 2 is 1.90 bits per heavy atom. The molecule has 0 saturated heterocycles. The first kappa shape index (κ1) is 14.6. The minimum Gasteiger partial charge on any atom is -0.457 e. The Kier molecular flexibility index (Phi) is 4.60. The van der Waals surface area contributed by atoms with Crippen molar-refractivity contribution >= 4 is 23.6 Å². The van der Waals surface area contributed by atoms with Crippen molar-refractivity contribution in [2.24, 2.45) is 5.73 Å². The van der Waals surface area contributed by atoms with E-state index in [0.29, 0.717) is 22.1 Å². The number of amides is 1. The van der Waals surface area contributed by atoms with Crippen molar-refractivity contribution in [1.29, 1.82) is 5.26 Å². The van der Waals surface area contributed by atoms with Crippen molar-refractivity contribution < 1.29 is 9.53 Å². The van der Waals surface area contributed by atoms with E-state index < -0.39 is 5.91 Å². The highest BCUT2D eigenvalue weighted by atomic mass is 35.5. The fourth-order valence-electron chi connectivity index (χ4n) is 1.63. The molecule has 0 heterocycles. The molecule has 4 nitrogen and oxygen atoms in total. The van der Waals surface area contributed by atoms with Gasteiger partial charge in [-0.15, -0.1) is 0 Å². The van der Waals surface area contributed by atoms with Gasteiger partial charge in [0.05, 0.1) is 0 Å². The first-order chi connectivity index (χ1) is 10.1. The largest absolute Gasteiger partial charge is 0.457 e. The van der Waals surface area contributed by atoms with Crippen molar-refractivity contribution in [1.82, 2.24) is 0 Å². The van der Waals surface area contributed by atoms with Crippen molar-refractivity contribution in [3.8, 4) is 17.6 Å². The van der Waals surface area contributed by atoms with Gasteiger partial charge < -0.3 is 10.5 Å². The Bertz CT molecular complexity index is 731. The first-order valence-corrected chi connectivity index (χ1v) is 6.41. The van der Waals surface area contributed by atoms with E-state index in [4.69, 9.17) is 27.3 Å². The minimum atomic E-state index is -0.762. The van der Waals surface area contributed by atoms with Crippen LogP contribution >= 0.6 is 11.6 Å². The standard InChI is InChI=1S/C16H11ClN2O2/c17-13-4-6-14(7-5-13)21-15-3-1-2-11(9-15)8-12(10-18)16(19)20/h1-9H,(H2,19,20)/b12-8+. The van der Waals surface area contributed by atoms with E-state index >= 15 is 0 Å². The number of nitriles is 1. The van der Waals surface area contributed by atoms with Gasteiger partial charge in [-0.1, -0.05) is 23.7 Å². The van der Waals surface area contributed by atoms with E-state index in [1.807, 2.05) is 0 Å². The second kappa shape index (κ2) is 6.60. The van der Waals surface area contributed by atoms with Gasteiger partial charge in [0, 0.05) is 5.02 Å². The Balaban J connectivity index is 2.24. The molecule has 2 aromatic rings. The zero-order valence-corrected chi connectivity index (χ0v) is 11.7. The lowest BCUT2D eigenvalue weighted by Gasteiger charge is -2.06. The number of hydrogen-bond acceptors (Lipinski definition) is 3. The third kappa shape index (κ3) is 4.10. The molecule has 0 atom stereocenters. The number of carbonyl (C=O) groups excluding carboxylic acids is 1. The summed E-state index contributed by atoms with van der Waals surface area (Å²) in [6.45, 7) is 0. The zero-order valence-electron chi connectivity index (χ0n) is 10.9. The summed E-state index contributed by atoms with van der Waals surface area (Å²) in [4.78, 5) is 11.0. The first-order valence-electron chi connectivity index (χ1n) is 6.03. The van der Waals surface area contributed by atoms with Crippen LogP contribution in [0.1, 0.15) is 5.56 Å². The van der Waals surface area contributed by atoms with Crippen LogP contribution in [-0.4, -0.2) is 5.91 Å². The number of benzene rings is 2. The third-order valence-corrected chi connectivity index (χ3v) is 2.86. The lowest BCUT2D eigenvalue weighted by Crippen LogP contribution is -2.12. The number of nitrogens with two attached hydrogens (primary N) is 1. The second-order valence-corrected chi connectivity index (χ2v) is 4.60. The molecule has 104 valence electrons. The molecular weight excluding hydrogens is 288 g/mol. The minimum absolute atomic E-state index is 0.112. The van der Waals surface area contributed by atoms with Crippen LogP contribution in [0.4, 0.5) is 0 Å². The van der Waals surface area contributed by atoms with Gasteiger partial charge in [-0.05, 0) is 48.0 Å².